The summed E-state index contributed by atoms with van der Waals surface area (Å²) in [5.74, 6) is 0. The van der Waals surface area contributed by atoms with E-state index in [0.29, 0.717) is 6.42 Å². The van der Waals surface area contributed by atoms with Gasteiger partial charge in [0.1, 0.15) is 5.02 Å². The van der Waals surface area contributed by atoms with Gasteiger partial charge in [0.25, 0.3) is 5.69 Å². The lowest BCUT2D eigenvalue weighted by atomic mass is 9.96. The average molecular weight is 291 g/mol. The van der Waals surface area contributed by atoms with Crippen molar-refractivity contribution in [1.29, 1.82) is 0 Å². The molecular formula is C15H15ClN2O2. The number of aryl methyl sites for hydroxylation is 1. The van der Waals surface area contributed by atoms with E-state index in [9.17, 15) is 10.1 Å². The molecule has 1 unspecified atom stereocenters. The molecule has 2 rings (SSSR count). The number of nitro groups is 1. The van der Waals surface area contributed by atoms with Gasteiger partial charge in [0.2, 0.25) is 0 Å². The van der Waals surface area contributed by atoms with Crippen molar-refractivity contribution in [2.45, 2.75) is 19.4 Å². The van der Waals surface area contributed by atoms with Crippen molar-refractivity contribution in [3.8, 4) is 0 Å². The van der Waals surface area contributed by atoms with Gasteiger partial charge in [-0.05, 0) is 36.1 Å². The third-order valence-electron chi connectivity index (χ3n) is 3.27. The van der Waals surface area contributed by atoms with E-state index < -0.39 is 4.92 Å². The maximum Gasteiger partial charge on any atom is 0.288 e. The highest BCUT2D eigenvalue weighted by Crippen LogP contribution is 2.29. The Hall–Kier alpha value is -1.91. The highest BCUT2D eigenvalue weighted by atomic mass is 35.5. The van der Waals surface area contributed by atoms with Crippen LogP contribution in [0.3, 0.4) is 0 Å². The third-order valence-corrected chi connectivity index (χ3v) is 3.57. The molecule has 2 aromatic rings. The summed E-state index contributed by atoms with van der Waals surface area (Å²) in [7, 11) is 0. The van der Waals surface area contributed by atoms with E-state index in [2.05, 4.69) is 0 Å². The molecule has 0 radical (unpaired) electrons. The highest BCUT2D eigenvalue weighted by molar-refractivity contribution is 6.32. The largest absolute Gasteiger partial charge is 0.324 e. The molecule has 4 nitrogen and oxygen atoms in total. The Balaban J connectivity index is 2.26. The van der Waals surface area contributed by atoms with E-state index in [0.717, 1.165) is 16.7 Å². The average Bonchev–Trinajstić information content (AvgIpc) is 2.43. The number of halogens is 1. The molecule has 0 saturated carbocycles. The summed E-state index contributed by atoms with van der Waals surface area (Å²) in [5.41, 5.74) is 8.88. The first kappa shape index (κ1) is 14.5. The van der Waals surface area contributed by atoms with Gasteiger partial charge in [0.15, 0.2) is 0 Å². The van der Waals surface area contributed by atoms with Gasteiger partial charge in [-0.2, -0.15) is 0 Å². The Morgan fingerprint density at radius 3 is 2.55 bits per heavy atom. The third kappa shape index (κ3) is 3.15. The summed E-state index contributed by atoms with van der Waals surface area (Å²) in [4.78, 5) is 10.3. The minimum atomic E-state index is -0.476. The lowest BCUT2D eigenvalue weighted by Crippen LogP contribution is -2.14. The van der Waals surface area contributed by atoms with Gasteiger partial charge >= 0.3 is 0 Å². The molecule has 2 aromatic carbocycles. The predicted molar refractivity (Wildman–Crippen MR) is 79.9 cm³/mol. The van der Waals surface area contributed by atoms with Gasteiger partial charge in [0.05, 0.1) is 4.92 Å². The first-order chi connectivity index (χ1) is 9.49. The Kier molecular flexibility index (Phi) is 4.37. The topological polar surface area (TPSA) is 69.2 Å². The van der Waals surface area contributed by atoms with Crippen LogP contribution in [0.1, 0.15) is 22.7 Å². The lowest BCUT2D eigenvalue weighted by molar-refractivity contribution is -0.384. The second kappa shape index (κ2) is 6.03. The van der Waals surface area contributed by atoms with Crippen molar-refractivity contribution in [3.63, 3.8) is 0 Å². The minimum Gasteiger partial charge on any atom is -0.324 e. The fourth-order valence-corrected chi connectivity index (χ4v) is 2.38. The number of nitro benzene ring substituents is 1. The molecule has 104 valence electrons. The summed E-state index contributed by atoms with van der Waals surface area (Å²) in [5, 5.41) is 11.0. The summed E-state index contributed by atoms with van der Waals surface area (Å²) in [6.07, 6.45) is 0.591. The molecule has 0 aliphatic carbocycles. The van der Waals surface area contributed by atoms with Crippen molar-refractivity contribution in [1.82, 2.24) is 0 Å². The normalized spacial score (nSPS) is 12.2. The molecular weight excluding hydrogens is 276 g/mol. The zero-order valence-corrected chi connectivity index (χ0v) is 11.8. The summed E-state index contributed by atoms with van der Waals surface area (Å²) in [6.45, 7) is 1.83. The predicted octanol–water partition coefficient (Wildman–Crippen LogP) is 3.80. The quantitative estimate of drug-likeness (QED) is 0.688. The Bertz CT molecular complexity index is 629. The Morgan fingerprint density at radius 2 is 1.95 bits per heavy atom. The molecule has 2 N–H and O–H groups in total. The van der Waals surface area contributed by atoms with Crippen LogP contribution in [0.5, 0.6) is 0 Å². The molecule has 0 saturated heterocycles. The molecule has 0 spiro atoms. The first-order valence-corrected chi connectivity index (χ1v) is 6.60. The van der Waals surface area contributed by atoms with Crippen LogP contribution in [0.4, 0.5) is 5.69 Å². The van der Waals surface area contributed by atoms with Gasteiger partial charge in [-0.15, -0.1) is 0 Å². The maximum atomic E-state index is 10.8. The van der Waals surface area contributed by atoms with E-state index in [-0.39, 0.29) is 16.8 Å². The van der Waals surface area contributed by atoms with Crippen molar-refractivity contribution < 1.29 is 4.92 Å². The van der Waals surface area contributed by atoms with Crippen LogP contribution in [0, 0.1) is 17.0 Å². The first-order valence-electron chi connectivity index (χ1n) is 6.23. The van der Waals surface area contributed by atoms with E-state index in [1.54, 1.807) is 6.07 Å². The van der Waals surface area contributed by atoms with Gasteiger partial charge in [-0.3, -0.25) is 10.1 Å². The standard InChI is InChI=1S/C15H15ClN2O2/c1-10-7-15(18(19)20)13(16)8-12(10)9-14(17)11-5-3-2-4-6-11/h2-8,14H,9,17H2,1H3. The second-order valence-electron chi connectivity index (χ2n) is 4.71. The van der Waals surface area contributed by atoms with Crippen LogP contribution in [0.15, 0.2) is 42.5 Å². The summed E-state index contributed by atoms with van der Waals surface area (Å²) < 4.78 is 0. The summed E-state index contributed by atoms with van der Waals surface area (Å²) >= 11 is 5.94. The lowest BCUT2D eigenvalue weighted by Gasteiger charge is -2.14. The second-order valence-corrected chi connectivity index (χ2v) is 5.12. The maximum absolute atomic E-state index is 10.8. The molecule has 5 heteroatoms. The van der Waals surface area contributed by atoms with Crippen LogP contribution < -0.4 is 5.73 Å². The van der Waals surface area contributed by atoms with Crippen LogP contribution in [-0.4, -0.2) is 4.92 Å². The van der Waals surface area contributed by atoms with Crippen LogP contribution in [0.25, 0.3) is 0 Å². The van der Waals surface area contributed by atoms with Gasteiger partial charge in [0, 0.05) is 12.1 Å². The van der Waals surface area contributed by atoms with E-state index in [1.165, 1.54) is 6.07 Å². The van der Waals surface area contributed by atoms with Crippen LogP contribution in [-0.2, 0) is 6.42 Å². The molecule has 0 amide bonds. The number of nitrogens with zero attached hydrogens (tertiary/aromatic N) is 1. The van der Waals surface area contributed by atoms with Gasteiger partial charge < -0.3 is 5.73 Å². The zero-order chi connectivity index (χ0) is 14.7. The Morgan fingerprint density at radius 1 is 1.30 bits per heavy atom. The molecule has 0 heterocycles. The number of nitrogens with two attached hydrogens (primary N) is 1. The van der Waals surface area contributed by atoms with E-state index in [1.807, 2.05) is 37.3 Å². The molecule has 1 atom stereocenters. The van der Waals surface area contributed by atoms with Crippen molar-refractivity contribution in [2.75, 3.05) is 0 Å². The molecule has 0 aliphatic rings. The SMILES string of the molecule is Cc1cc([N+](=O)[O-])c(Cl)cc1CC(N)c1ccccc1. The molecule has 0 aliphatic heterocycles. The Labute approximate surface area is 122 Å². The number of rotatable bonds is 4. The number of hydrogen-bond donors (Lipinski definition) is 1. The molecule has 0 aromatic heterocycles. The van der Waals surface area contributed by atoms with E-state index >= 15 is 0 Å². The van der Waals surface area contributed by atoms with Crippen LogP contribution >= 0.6 is 11.6 Å². The molecule has 20 heavy (non-hydrogen) atoms. The van der Waals surface area contributed by atoms with Crippen molar-refractivity contribution in [3.05, 3.63) is 74.3 Å². The number of hydrogen-bond acceptors (Lipinski definition) is 3. The fourth-order valence-electron chi connectivity index (χ4n) is 2.12. The van der Waals surface area contributed by atoms with Gasteiger partial charge in [-0.1, -0.05) is 41.9 Å². The van der Waals surface area contributed by atoms with Crippen molar-refractivity contribution in [2.24, 2.45) is 5.73 Å². The molecule has 0 fully saturated rings. The van der Waals surface area contributed by atoms with Crippen molar-refractivity contribution >= 4 is 17.3 Å². The monoisotopic (exact) mass is 290 g/mol. The van der Waals surface area contributed by atoms with E-state index in [4.69, 9.17) is 17.3 Å². The smallest absolute Gasteiger partial charge is 0.288 e. The highest BCUT2D eigenvalue weighted by Gasteiger charge is 2.16. The zero-order valence-electron chi connectivity index (χ0n) is 11.0. The number of benzene rings is 2. The molecule has 0 bridgehead atoms. The fraction of sp³-hybridized carbons (Fsp3) is 0.200. The van der Waals surface area contributed by atoms with Gasteiger partial charge in [-0.25, -0.2) is 0 Å². The summed E-state index contributed by atoms with van der Waals surface area (Å²) in [6, 6.07) is 12.7. The minimum absolute atomic E-state index is 0.0683. The van der Waals surface area contributed by atoms with Crippen LogP contribution in [0.2, 0.25) is 5.02 Å².